The van der Waals surface area contributed by atoms with Gasteiger partial charge in [-0.25, -0.2) is 9.55 Å². The van der Waals surface area contributed by atoms with Crippen LogP contribution in [0.4, 0.5) is 5.95 Å². The highest BCUT2D eigenvalue weighted by Gasteiger charge is 2.32. The molecular weight excluding hydrogens is 555 g/mol. The van der Waals surface area contributed by atoms with Crippen LogP contribution in [0, 0.1) is 0 Å². The number of aromatic nitrogens is 5. The van der Waals surface area contributed by atoms with Gasteiger partial charge in [0.15, 0.2) is 0 Å². The highest BCUT2D eigenvalue weighted by molar-refractivity contribution is 6.42. The standard InChI is InChI=1S/C27H26Cl2N8O3/c1-15-10-20-23(14-36(15)25(39)17-6-9-21(28)22(29)11-17)33-27(31-12-18-13-32-35(3)34-18)37(26(20)40)19-7-4-16(5-8-19)24(38)30-2/h4-9,11,13,15H,10,12,14H2,1-3H3,(H,30,38)(H,31,33)/t15-/m1/s1. The minimum Gasteiger partial charge on any atom is -0.355 e. The van der Waals surface area contributed by atoms with E-state index in [1.54, 1.807) is 61.6 Å². The summed E-state index contributed by atoms with van der Waals surface area (Å²) in [6.45, 7) is 2.29. The third kappa shape index (κ3) is 5.30. The molecule has 3 heterocycles. The maximum Gasteiger partial charge on any atom is 0.263 e. The number of rotatable bonds is 6. The number of benzene rings is 2. The summed E-state index contributed by atoms with van der Waals surface area (Å²) in [5.41, 5.74) is 2.81. The zero-order valence-corrected chi connectivity index (χ0v) is 23.5. The molecule has 0 saturated carbocycles. The molecule has 40 heavy (non-hydrogen) atoms. The Morgan fingerprint density at radius 2 is 1.80 bits per heavy atom. The number of aryl methyl sites for hydroxylation is 1. The molecule has 2 N–H and O–H groups in total. The Morgan fingerprint density at radius 1 is 1.07 bits per heavy atom. The molecule has 5 rings (SSSR count). The van der Waals surface area contributed by atoms with Crippen LogP contribution in [0.5, 0.6) is 0 Å². The number of nitrogens with zero attached hydrogens (tertiary/aromatic N) is 6. The molecule has 2 aromatic heterocycles. The van der Waals surface area contributed by atoms with Crippen molar-refractivity contribution in [1.29, 1.82) is 0 Å². The van der Waals surface area contributed by atoms with E-state index in [4.69, 9.17) is 28.2 Å². The smallest absolute Gasteiger partial charge is 0.263 e. The zero-order valence-electron chi connectivity index (χ0n) is 22.0. The topological polar surface area (TPSA) is 127 Å². The van der Waals surface area contributed by atoms with Crippen molar-refractivity contribution in [3.63, 3.8) is 0 Å². The van der Waals surface area contributed by atoms with E-state index in [2.05, 4.69) is 20.8 Å². The van der Waals surface area contributed by atoms with Crippen LogP contribution in [0.3, 0.4) is 0 Å². The van der Waals surface area contributed by atoms with E-state index in [0.29, 0.717) is 45.2 Å². The molecule has 0 radical (unpaired) electrons. The lowest BCUT2D eigenvalue weighted by Gasteiger charge is -2.34. The van der Waals surface area contributed by atoms with Gasteiger partial charge in [0.05, 0.1) is 40.7 Å². The van der Waals surface area contributed by atoms with Crippen LogP contribution in [0.1, 0.15) is 44.6 Å². The van der Waals surface area contributed by atoms with E-state index < -0.39 is 0 Å². The van der Waals surface area contributed by atoms with Gasteiger partial charge < -0.3 is 15.5 Å². The van der Waals surface area contributed by atoms with E-state index in [9.17, 15) is 14.4 Å². The lowest BCUT2D eigenvalue weighted by molar-refractivity contribution is 0.0653. The fourth-order valence-electron chi connectivity index (χ4n) is 4.63. The summed E-state index contributed by atoms with van der Waals surface area (Å²) < 4.78 is 1.48. The van der Waals surface area contributed by atoms with Crippen LogP contribution in [-0.4, -0.2) is 54.3 Å². The van der Waals surface area contributed by atoms with Crippen molar-refractivity contribution in [2.24, 2.45) is 7.05 Å². The summed E-state index contributed by atoms with van der Waals surface area (Å²) in [7, 11) is 3.27. The zero-order chi connectivity index (χ0) is 28.6. The molecule has 1 aliphatic heterocycles. The molecule has 0 spiro atoms. The van der Waals surface area contributed by atoms with Crippen molar-refractivity contribution < 1.29 is 9.59 Å². The third-order valence-corrected chi connectivity index (χ3v) is 7.47. The van der Waals surface area contributed by atoms with Gasteiger partial charge in [0.2, 0.25) is 5.95 Å². The average Bonchev–Trinajstić information content (AvgIpc) is 3.37. The Balaban J connectivity index is 1.54. The molecule has 1 atom stereocenters. The van der Waals surface area contributed by atoms with Gasteiger partial charge >= 0.3 is 0 Å². The molecule has 4 aromatic rings. The molecule has 13 heteroatoms. The van der Waals surface area contributed by atoms with E-state index in [1.807, 2.05) is 6.92 Å². The van der Waals surface area contributed by atoms with Gasteiger partial charge in [-0.05, 0) is 55.8 Å². The summed E-state index contributed by atoms with van der Waals surface area (Å²) in [6, 6.07) is 11.2. The van der Waals surface area contributed by atoms with Crippen LogP contribution in [-0.2, 0) is 26.6 Å². The van der Waals surface area contributed by atoms with Gasteiger partial charge in [0.1, 0.15) is 5.69 Å². The van der Waals surface area contributed by atoms with Gasteiger partial charge in [-0.1, -0.05) is 23.2 Å². The third-order valence-electron chi connectivity index (χ3n) is 6.73. The number of hydrogen-bond acceptors (Lipinski definition) is 7. The molecule has 0 fully saturated rings. The SMILES string of the molecule is CNC(=O)c1ccc(-n2c(NCc3cnn(C)n3)nc3c(c2=O)C[C@@H](C)N(C(=O)c2ccc(Cl)c(Cl)c2)C3)cc1. The van der Waals surface area contributed by atoms with Gasteiger partial charge in [0, 0.05) is 36.8 Å². The Morgan fingerprint density at radius 3 is 2.45 bits per heavy atom. The van der Waals surface area contributed by atoms with Crippen molar-refractivity contribution in [2.45, 2.75) is 32.5 Å². The van der Waals surface area contributed by atoms with E-state index in [-0.39, 0.29) is 47.5 Å². The minimum absolute atomic E-state index is 0.140. The first kappa shape index (κ1) is 27.4. The molecule has 1 aliphatic rings. The summed E-state index contributed by atoms with van der Waals surface area (Å²) >= 11 is 12.2. The first-order valence-corrected chi connectivity index (χ1v) is 13.2. The molecule has 206 valence electrons. The highest BCUT2D eigenvalue weighted by atomic mass is 35.5. The lowest BCUT2D eigenvalue weighted by Crippen LogP contribution is -2.46. The molecule has 0 unspecified atom stereocenters. The molecule has 11 nitrogen and oxygen atoms in total. The predicted octanol–water partition coefficient (Wildman–Crippen LogP) is 3.23. The Hall–Kier alpha value is -4.22. The fourth-order valence-corrected chi connectivity index (χ4v) is 4.93. The van der Waals surface area contributed by atoms with Crippen molar-refractivity contribution >= 4 is 41.0 Å². The van der Waals surface area contributed by atoms with Crippen molar-refractivity contribution in [3.05, 3.63) is 97.1 Å². The summed E-state index contributed by atoms with van der Waals surface area (Å²) in [5, 5.41) is 14.8. The number of hydrogen-bond donors (Lipinski definition) is 2. The maximum atomic E-state index is 13.9. The van der Waals surface area contributed by atoms with Crippen LogP contribution in [0.15, 0.2) is 53.5 Å². The quantitative estimate of drug-likeness (QED) is 0.358. The second kappa shape index (κ2) is 11.1. The van der Waals surface area contributed by atoms with Crippen LogP contribution >= 0.6 is 23.2 Å². The monoisotopic (exact) mass is 580 g/mol. The number of amides is 2. The van der Waals surface area contributed by atoms with E-state index in [1.165, 1.54) is 15.4 Å². The Kier molecular flexibility index (Phi) is 7.59. The largest absolute Gasteiger partial charge is 0.355 e. The van der Waals surface area contributed by atoms with Crippen molar-refractivity contribution in [2.75, 3.05) is 12.4 Å². The van der Waals surface area contributed by atoms with Gasteiger partial charge in [-0.15, -0.1) is 0 Å². The minimum atomic E-state index is -0.272. The molecule has 0 aliphatic carbocycles. The highest BCUT2D eigenvalue weighted by Crippen LogP contribution is 2.27. The van der Waals surface area contributed by atoms with Crippen LogP contribution in [0.25, 0.3) is 5.69 Å². The summed E-state index contributed by atoms with van der Waals surface area (Å²) in [6.07, 6.45) is 1.93. The maximum absolute atomic E-state index is 13.9. The van der Waals surface area contributed by atoms with Gasteiger partial charge in [-0.2, -0.15) is 15.0 Å². The fraction of sp³-hybridized carbons (Fsp3) is 0.259. The second-order valence-electron chi connectivity index (χ2n) is 9.42. The second-order valence-corrected chi connectivity index (χ2v) is 10.2. The molecule has 2 aromatic carbocycles. The molecule has 0 bridgehead atoms. The van der Waals surface area contributed by atoms with E-state index >= 15 is 0 Å². The van der Waals surface area contributed by atoms with Crippen molar-refractivity contribution in [3.8, 4) is 5.69 Å². The number of nitrogens with one attached hydrogen (secondary N) is 2. The first-order valence-electron chi connectivity index (χ1n) is 12.5. The lowest BCUT2D eigenvalue weighted by atomic mass is 9.98. The number of halogens is 2. The predicted molar refractivity (Wildman–Crippen MR) is 151 cm³/mol. The Labute approximate surface area is 239 Å². The number of fused-ring (bicyclic) bond motifs is 1. The molecule has 0 saturated heterocycles. The molecular formula is C27H26Cl2N8O3. The van der Waals surface area contributed by atoms with E-state index in [0.717, 1.165) is 0 Å². The summed E-state index contributed by atoms with van der Waals surface area (Å²) in [5.74, 6) is -0.191. The Bertz CT molecular complexity index is 1670. The number of anilines is 1. The number of carbonyl (C=O) groups excluding carboxylic acids is 2. The molecule has 2 amide bonds. The first-order chi connectivity index (χ1) is 19.2. The van der Waals surface area contributed by atoms with Crippen LogP contribution in [0.2, 0.25) is 10.0 Å². The normalized spacial score (nSPS) is 14.5. The average molecular weight is 581 g/mol. The van der Waals surface area contributed by atoms with Gasteiger partial charge in [-0.3, -0.25) is 14.4 Å². The van der Waals surface area contributed by atoms with Gasteiger partial charge in [0.25, 0.3) is 17.4 Å². The van der Waals surface area contributed by atoms with Crippen molar-refractivity contribution in [1.82, 2.24) is 34.8 Å². The number of carbonyl (C=O) groups is 2. The summed E-state index contributed by atoms with van der Waals surface area (Å²) in [4.78, 5) is 47.3. The van der Waals surface area contributed by atoms with Crippen LogP contribution < -0.4 is 16.2 Å².